The van der Waals surface area contributed by atoms with Gasteiger partial charge < -0.3 is 15.3 Å². The molecule has 0 bridgehead atoms. The van der Waals surface area contributed by atoms with Crippen molar-refractivity contribution in [1.82, 2.24) is 4.90 Å². The van der Waals surface area contributed by atoms with Gasteiger partial charge in [0.2, 0.25) is 5.91 Å². The van der Waals surface area contributed by atoms with Gasteiger partial charge in [0, 0.05) is 25.2 Å². The molecule has 0 spiro atoms. The molecule has 0 aromatic heterocycles. The van der Waals surface area contributed by atoms with Crippen molar-refractivity contribution >= 4 is 33.4 Å². The second-order valence-corrected chi connectivity index (χ2v) is 7.07. The molecule has 1 heterocycles. The lowest BCUT2D eigenvalue weighted by molar-refractivity contribution is -0.128. The lowest BCUT2D eigenvalue weighted by Gasteiger charge is -2.16. The molecular weight excluding hydrogens is 384 g/mol. The Bertz CT molecular complexity index is 835. The van der Waals surface area contributed by atoms with Crippen molar-refractivity contribution in [2.45, 2.75) is 26.3 Å². The summed E-state index contributed by atoms with van der Waals surface area (Å²) in [5.74, 6) is -0.290. The molecule has 1 aliphatic heterocycles. The minimum atomic E-state index is -0.378. The number of carbonyl (C=O) groups is 2. The predicted octanol–water partition coefficient (Wildman–Crippen LogP) is 3.84. The maximum absolute atomic E-state index is 12.5. The third-order valence-corrected chi connectivity index (χ3v) is 4.79. The summed E-state index contributed by atoms with van der Waals surface area (Å²) in [7, 11) is 0. The van der Waals surface area contributed by atoms with E-state index in [9.17, 15) is 14.7 Å². The van der Waals surface area contributed by atoms with Crippen molar-refractivity contribution in [3.05, 3.63) is 57.6 Å². The van der Waals surface area contributed by atoms with Crippen LogP contribution in [0.5, 0.6) is 5.75 Å². The average Bonchev–Trinajstić information content (AvgIpc) is 2.96. The molecule has 6 heteroatoms. The molecule has 1 saturated heterocycles. The minimum absolute atomic E-state index is 0.0816. The second kappa shape index (κ2) is 7.27. The maximum Gasteiger partial charge on any atom is 0.259 e. The molecule has 3 rings (SSSR count). The number of carbonyl (C=O) groups excluding carboxylic acids is 2. The first-order valence-electron chi connectivity index (χ1n) is 8.11. The smallest absolute Gasteiger partial charge is 0.259 e. The highest BCUT2D eigenvalue weighted by Crippen LogP contribution is 2.30. The Balaban J connectivity index is 1.76. The molecular formula is C19H19BrN2O3. The summed E-state index contributed by atoms with van der Waals surface area (Å²) in [5, 5.41) is 12.9. The summed E-state index contributed by atoms with van der Waals surface area (Å²) in [5.41, 5.74) is 2.68. The highest BCUT2D eigenvalue weighted by molar-refractivity contribution is 9.10. The quantitative estimate of drug-likeness (QED) is 0.815. The van der Waals surface area contributed by atoms with Gasteiger partial charge in [0.25, 0.3) is 5.91 Å². The first-order valence-corrected chi connectivity index (χ1v) is 8.90. The average molecular weight is 403 g/mol. The molecule has 0 radical (unpaired) electrons. The van der Waals surface area contributed by atoms with Crippen molar-refractivity contribution in [3.63, 3.8) is 0 Å². The minimum Gasteiger partial charge on any atom is -0.506 e. The van der Waals surface area contributed by atoms with Gasteiger partial charge in [-0.15, -0.1) is 0 Å². The van der Waals surface area contributed by atoms with Crippen molar-refractivity contribution < 1.29 is 14.7 Å². The number of benzene rings is 2. The number of phenolic OH excluding ortho intramolecular Hbond substituents is 1. The summed E-state index contributed by atoms with van der Waals surface area (Å²) < 4.78 is 0.485. The fraction of sp³-hybridized carbons (Fsp3) is 0.263. The number of anilines is 1. The summed E-state index contributed by atoms with van der Waals surface area (Å²) in [6.45, 7) is 3.18. The zero-order valence-corrected chi connectivity index (χ0v) is 15.5. The summed E-state index contributed by atoms with van der Waals surface area (Å²) in [6, 6.07) is 10.8. The fourth-order valence-corrected chi connectivity index (χ4v) is 3.52. The van der Waals surface area contributed by atoms with E-state index >= 15 is 0 Å². The fourth-order valence-electron chi connectivity index (χ4n) is 2.95. The third kappa shape index (κ3) is 4.02. The highest BCUT2D eigenvalue weighted by atomic mass is 79.9. The zero-order chi connectivity index (χ0) is 18.0. The highest BCUT2D eigenvalue weighted by Gasteiger charge is 2.20. The first-order chi connectivity index (χ1) is 11.9. The Labute approximate surface area is 154 Å². The van der Waals surface area contributed by atoms with Crippen LogP contribution in [0.1, 0.15) is 34.3 Å². The van der Waals surface area contributed by atoms with Crippen LogP contribution >= 0.6 is 15.9 Å². The summed E-state index contributed by atoms with van der Waals surface area (Å²) in [4.78, 5) is 26.1. The van der Waals surface area contributed by atoms with Gasteiger partial charge in [0.05, 0.1) is 10.0 Å². The van der Waals surface area contributed by atoms with Crippen LogP contribution < -0.4 is 5.32 Å². The van der Waals surface area contributed by atoms with Crippen molar-refractivity contribution in [1.29, 1.82) is 0 Å². The standard InChI is InChI=1S/C19H19BrN2O3/c1-12-8-15(18(24)16(20)9-12)19(25)21-14-5-2-4-13(10-14)11-22-7-3-6-17(22)23/h2,4-5,8-10,24H,3,6-7,11H2,1H3,(H,21,25). The van der Waals surface area contributed by atoms with E-state index in [1.54, 1.807) is 18.2 Å². The maximum atomic E-state index is 12.5. The van der Waals surface area contributed by atoms with Crippen LogP contribution in [0.25, 0.3) is 0 Å². The van der Waals surface area contributed by atoms with E-state index in [0.29, 0.717) is 23.1 Å². The number of aryl methyl sites for hydroxylation is 1. The van der Waals surface area contributed by atoms with E-state index in [0.717, 1.165) is 24.1 Å². The van der Waals surface area contributed by atoms with Crippen LogP contribution in [0.3, 0.4) is 0 Å². The normalized spacial score (nSPS) is 14.0. The van der Waals surface area contributed by atoms with E-state index in [2.05, 4.69) is 21.2 Å². The Morgan fingerprint density at radius 2 is 2.12 bits per heavy atom. The molecule has 1 fully saturated rings. The van der Waals surface area contributed by atoms with Crippen LogP contribution in [0.15, 0.2) is 40.9 Å². The molecule has 2 aromatic carbocycles. The molecule has 5 nitrogen and oxygen atoms in total. The van der Waals surface area contributed by atoms with Gasteiger partial charge in [-0.2, -0.15) is 0 Å². The number of aromatic hydroxyl groups is 1. The van der Waals surface area contributed by atoms with E-state index in [1.165, 1.54) is 0 Å². The van der Waals surface area contributed by atoms with Crippen LogP contribution in [0, 0.1) is 6.92 Å². The molecule has 0 saturated carbocycles. The number of phenols is 1. The van der Waals surface area contributed by atoms with Crippen molar-refractivity contribution in [2.24, 2.45) is 0 Å². The number of likely N-dealkylation sites (tertiary alicyclic amines) is 1. The molecule has 1 aliphatic rings. The molecule has 2 aromatic rings. The summed E-state index contributed by atoms with van der Waals surface area (Å²) >= 11 is 3.25. The van der Waals surface area contributed by atoms with Crippen molar-refractivity contribution in [3.8, 4) is 5.75 Å². The number of nitrogens with zero attached hydrogens (tertiary/aromatic N) is 1. The van der Waals surface area contributed by atoms with E-state index < -0.39 is 0 Å². The van der Waals surface area contributed by atoms with E-state index in [1.807, 2.05) is 30.0 Å². The monoisotopic (exact) mass is 402 g/mol. The lowest BCUT2D eigenvalue weighted by atomic mass is 10.1. The number of amides is 2. The number of hydrogen-bond donors (Lipinski definition) is 2. The van der Waals surface area contributed by atoms with Gasteiger partial charge >= 0.3 is 0 Å². The number of rotatable bonds is 4. The molecule has 2 N–H and O–H groups in total. The second-order valence-electron chi connectivity index (χ2n) is 6.22. The Kier molecular flexibility index (Phi) is 5.08. The number of hydrogen-bond acceptors (Lipinski definition) is 3. The number of nitrogens with one attached hydrogen (secondary N) is 1. The summed E-state index contributed by atoms with van der Waals surface area (Å²) in [6.07, 6.45) is 1.51. The van der Waals surface area contributed by atoms with Gasteiger partial charge in [0.15, 0.2) is 0 Å². The number of halogens is 1. The zero-order valence-electron chi connectivity index (χ0n) is 13.9. The Morgan fingerprint density at radius 3 is 2.84 bits per heavy atom. The van der Waals surface area contributed by atoms with Crippen LogP contribution in [0.2, 0.25) is 0 Å². The van der Waals surface area contributed by atoms with Crippen molar-refractivity contribution in [2.75, 3.05) is 11.9 Å². The molecule has 0 atom stereocenters. The SMILES string of the molecule is Cc1cc(Br)c(O)c(C(=O)Nc2cccc(CN3CCCC3=O)c2)c1. The van der Waals surface area contributed by atoms with Gasteiger partial charge in [-0.05, 0) is 64.7 Å². The molecule has 2 amide bonds. The molecule has 130 valence electrons. The molecule has 0 aliphatic carbocycles. The largest absolute Gasteiger partial charge is 0.506 e. The van der Waals surface area contributed by atoms with Gasteiger partial charge in [0.1, 0.15) is 5.75 Å². The van der Waals surface area contributed by atoms with Crippen LogP contribution in [0.4, 0.5) is 5.69 Å². The van der Waals surface area contributed by atoms with Gasteiger partial charge in [-0.1, -0.05) is 12.1 Å². The topological polar surface area (TPSA) is 69.6 Å². The van der Waals surface area contributed by atoms with E-state index in [-0.39, 0.29) is 23.1 Å². The Hall–Kier alpha value is -2.34. The van der Waals surface area contributed by atoms with E-state index in [4.69, 9.17) is 0 Å². The lowest BCUT2D eigenvalue weighted by Crippen LogP contribution is -2.23. The van der Waals surface area contributed by atoms with Gasteiger partial charge in [-0.25, -0.2) is 0 Å². The molecule has 25 heavy (non-hydrogen) atoms. The predicted molar refractivity (Wildman–Crippen MR) is 99.6 cm³/mol. The Morgan fingerprint density at radius 1 is 1.32 bits per heavy atom. The van der Waals surface area contributed by atoms with Crippen LogP contribution in [-0.4, -0.2) is 28.4 Å². The van der Waals surface area contributed by atoms with Crippen LogP contribution in [-0.2, 0) is 11.3 Å². The first kappa shape index (κ1) is 17.5. The van der Waals surface area contributed by atoms with Gasteiger partial charge in [-0.3, -0.25) is 9.59 Å². The third-order valence-electron chi connectivity index (χ3n) is 4.18. The molecule has 0 unspecified atom stereocenters.